The van der Waals surface area contributed by atoms with E-state index in [1.165, 1.54) is 18.4 Å². The Bertz CT molecular complexity index is 776. The highest BCUT2D eigenvalue weighted by Crippen LogP contribution is 2.20. The smallest absolute Gasteiger partial charge is 0.301 e. The van der Waals surface area contributed by atoms with Crippen LogP contribution < -0.4 is 11.3 Å². The van der Waals surface area contributed by atoms with E-state index in [4.69, 9.17) is 10.3 Å². The van der Waals surface area contributed by atoms with Gasteiger partial charge in [-0.1, -0.05) is 0 Å². The van der Waals surface area contributed by atoms with Crippen LogP contribution in [-0.4, -0.2) is 10.5 Å². The summed E-state index contributed by atoms with van der Waals surface area (Å²) >= 11 is 0. The number of benzene rings is 1. The third-order valence-electron chi connectivity index (χ3n) is 3.16. The Labute approximate surface area is 113 Å². The number of nitrogen functional groups attached to an aromatic ring is 1. The number of amides is 1. The van der Waals surface area contributed by atoms with Crippen LogP contribution in [0.4, 0.5) is 4.39 Å². The van der Waals surface area contributed by atoms with Gasteiger partial charge in [0.2, 0.25) is 0 Å². The maximum Gasteiger partial charge on any atom is 0.301 e. The van der Waals surface area contributed by atoms with Crippen molar-refractivity contribution in [2.75, 3.05) is 0 Å². The summed E-state index contributed by atoms with van der Waals surface area (Å²) in [6, 6.07) is 8.16. The molecule has 0 aliphatic heterocycles. The van der Waals surface area contributed by atoms with E-state index in [9.17, 15) is 9.18 Å². The summed E-state index contributed by atoms with van der Waals surface area (Å²) in [6.45, 7) is 0.395. The fourth-order valence-electron chi connectivity index (χ4n) is 2.20. The summed E-state index contributed by atoms with van der Waals surface area (Å²) in [5.74, 6) is 4.46. The number of rotatable bonds is 3. The van der Waals surface area contributed by atoms with Crippen LogP contribution in [-0.2, 0) is 6.54 Å². The van der Waals surface area contributed by atoms with Crippen LogP contribution in [0.25, 0.3) is 10.9 Å². The first-order chi connectivity index (χ1) is 9.69. The zero-order chi connectivity index (χ0) is 14.1. The lowest BCUT2D eigenvalue weighted by Gasteiger charge is -2.05. The predicted molar refractivity (Wildman–Crippen MR) is 71.4 cm³/mol. The van der Waals surface area contributed by atoms with Gasteiger partial charge in [-0.2, -0.15) is 0 Å². The molecule has 2 aromatic heterocycles. The summed E-state index contributed by atoms with van der Waals surface area (Å²) in [7, 11) is 0. The topological polar surface area (TPSA) is 73.2 Å². The van der Waals surface area contributed by atoms with Gasteiger partial charge in [-0.05, 0) is 35.7 Å². The molecule has 5 nitrogen and oxygen atoms in total. The molecule has 1 aromatic carbocycles. The van der Waals surface area contributed by atoms with E-state index in [1.54, 1.807) is 12.1 Å². The van der Waals surface area contributed by atoms with Crippen LogP contribution in [0.2, 0.25) is 0 Å². The summed E-state index contributed by atoms with van der Waals surface area (Å²) in [5.41, 5.74) is 3.46. The number of nitrogens with zero attached hydrogens (tertiary/aromatic N) is 1. The molecule has 0 spiro atoms. The van der Waals surface area contributed by atoms with Crippen LogP contribution in [0.3, 0.4) is 0 Å². The van der Waals surface area contributed by atoms with E-state index >= 15 is 0 Å². The van der Waals surface area contributed by atoms with Crippen molar-refractivity contribution in [2.24, 2.45) is 5.84 Å². The molecule has 0 bridgehead atoms. The van der Waals surface area contributed by atoms with E-state index in [-0.39, 0.29) is 11.6 Å². The van der Waals surface area contributed by atoms with Crippen molar-refractivity contribution < 1.29 is 13.6 Å². The van der Waals surface area contributed by atoms with Gasteiger partial charge in [0.05, 0.1) is 18.3 Å². The highest BCUT2D eigenvalue weighted by molar-refractivity contribution is 5.92. The van der Waals surface area contributed by atoms with Crippen molar-refractivity contribution in [1.29, 1.82) is 0 Å². The molecule has 0 atom stereocenters. The molecule has 0 saturated heterocycles. The minimum absolute atomic E-state index is 0.158. The molecule has 20 heavy (non-hydrogen) atoms. The van der Waals surface area contributed by atoms with Gasteiger partial charge in [0.1, 0.15) is 5.82 Å². The number of hydrazine groups is 1. The monoisotopic (exact) mass is 273 g/mol. The van der Waals surface area contributed by atoms with Gasteiger partial charge in [-0.3, -0.25) is 10.2 Å². The Morgan fingerprint density at radius 1 is 1.35 bits per heavy atom. The average Bonchev–Trinajstić information content (AvgIpc) is 3.06. The molecule has 3 N–H and O–H groups in total. The van der Waals surface area contributed by atoms with Crippen LogP contribution in [0.15, 0.2) is 47.2 Å². The number of carbonyl (C=O) groups is 1. The molecule has 0 aliphatic carbocycles. The minimum atomic E-state index is -0.493. The van der Waals surface area contributed by atoms with Gasteiger partial charge in [0, 0.05) is 11.8 Å². The van der Waals surface area contributed by atoms with Crippen molar-refractivity contribution in [2.45, 2.75) is 6.54 Å². The van der Waals surface area contributed by atoms with E-state index in [0.717, 1.165) is 10.9 Å². The largest absolute Gasteiger partial charge is 0.459 e. The molecule has 102 valence electrons. The molecule has 0 aliphatic rings. The molecule has 6 heteroatoms. The summed E-state index contributed by atoms with van der Waals surface area (Å²) in [6.07, 6.45) is 3.26. The maximum absolute atomic E-state index is 13.3. The molecule has 0 unspecified atom stereocenters. The molecule has 3 rings (SSSR count). The molecular formula is C14H12FN3O2. The van der Waals surface area contributed by atoms with Crippen molar-refractivity contribution in [3.05, 3.63) is 59.9 Å². The second-order valence-electron chi connectivity index (χ2n) is 4.40. The van der Waals surface area contributed by atoms with Crippen LogP contribution in [0, 0.1) is 5.82 Å². The number of furan rings is 1. The number of aromatic nitrogens is 1. The Morgan fingerprint density at radius 2 is 2.20 bits per heavy atom. The first kappa shape index (κ1) is 12.4. The second-order valence-corrected chi connectivity index (χ2v) is 4.40. The predicted octanol–water partition coefficient (Wildman–Crippen LogP) is 2.03. The van der Waals surface area contributed by atoms with E-state index in [1.807, 2.05) is 22.3 Å². The molecule has 0 fully saturated rings. The first-order valence-corrected chi connectivity index (χ1v) is 6.01. The highest BCUT2D eigenvalue weighted by atomic mass is 19.1. The number of halogens is 1. The van der Waals surface area contributed by atoms with Gasteiger partial charge < -0.3 is 8.98 Å². The Kier molecular flexibility index (Phi) is 3.00. The molecular weight excluding hydrogens is 261 g/mol. The first-order valence-electron chi connectivity index (χ1n) is 6.01. The maximum atomic E-state index is 13.3. The lowest BCUT2D eigenvalue weighted by Crippen LogP contribution is -2.30. The number of hydrogen-bond acceptors (Lipinski definition) is 3. The van der Waals surface area contributed by atoms with Crippen LogP contribution in [0.1, 0.15) is 16.1 Å². The standard InChI is InChI=1S/C14H12FN3O2/c15-11-2-1-9-3-5-18(12(9)7-11)8-10-4-6-20-13(10)14(19)17-16/h1-7H,8,16H2,(H,17,19). The molecule has 0 radical (unpaired) electrons. The highest BCUT2D eigenvalue weighted by Gasteiger charge is 2.15. The number of fused-ring (bicyclic) bond motifs is 1. The average molecular weight is 273 g/mol. The Balaban J connectivity index is 2.00. The fourth-order valence-corrected chi connectivity index (χ4v) is 2.20. The lowest BCUT2D eigenvalue weighted by atomic mass is 10.2. The SMILES string of the molecule is NNC(=O)c1occc1Cn1ccc2ccc(F)cc21. The van der Waals surface area contributed by atoms with Crippen molar-refractivity contribution in [3.63, 3.8) is 0 Å². The van der Waals surface area contributed by atoms with E-state index in [0.29, 0.717) is 12.1 Å². The van der Waals surface area contributed by atoms with Crippen LogP contribution in [0.5, 0.6) is 0 Å². The second kappa shape index (κ2) is 4.82. The number of nitrogens with two attached hydrogens (primary N) is 1. The number of carbonyl (C=O) groups excluding carboxylic acids is 1. The number of hydrogen-bond donors (Lipinski definition) is 2. The van der Waals surface area contributed by atoms with E-state index in [2.05, 4.69) is 0 Å². The van der Waals surface area contributed by atoms with E-state index < -0.39 is 5.91 Å². The molecule has 0 saturated carbocycles. The van der Waals surface area contributed by atoms with Crippen molar-refractivity contribution in [1.82, 2.24) is 9.99 Å². The van der Waals surface area contributed by atoms with Gasteiger partial charge >= 0.3 is 5.91 Å². The van der Waals surface area contributed by atoms with Gasteiger partial charge in [-0.15, -0.1) is 0 Å². The van der Waals surface area contributed by atoms with Crippen molar-refractivity contribution in [3.8, 4) is 0 Å². The zero-order valence-corrected chi connectivity index (χ0v) is 10.5. The molecule has 1 amide bonds. The van der Waals surface area contributed by atoms with Crippen LogP contribution >= 0.6 is 0 Å². The van der Waals surface area contributed by atoms with Gasteiger partial charge in [0.15, 0.2) is 5.76 Å². The molecule has 2 heterocycles. The summed E-state index contributed by atoms with van der Waals surface area (Å²) in [4.78, 5) is 11.5. The fraction of sp³-hybridized carbons (Fsp3) is 0.0714. The van der Waals surface area contributed by atoms with Gasteiger partial charge in [-0.25, -0.2) is 10.2 Å². The quantitative estimate of drug-likeness (QED) is 0.435. The molecule has 3 aromatic rings. The van der Waals surface area contributed by atoms with Gasteiger partial charge in [0.25, 0.3) is 0 Å². The third-order valence-corrected chi connectivity index (χ3v) is 3.16. The zero-order valence-electron chi connectivity index (χ0n) is 10.5. The lowest BCUT2D eigenvalue weighted by molar-refractivity contribution is 0.0924. The normalized spacial score (nSPS) is 10.9. The summed E-state index contributed by atoms with van der Waals surface area (Å²) < 4.78 is 20.3. The van der Waals surface area contributed by atoms with Crippen molar-refractivity contribution >= 4 is 16.8 Å². The number of nitrogens with one attached hydrogen (secondary N) is 1. The summed E-state index contributed by atoms with van der Waals surface area (Å²) in [5, 5.41) is 0.930. The third kappa shape index (κ3) is 2.06. The Morgan fingerprint density at radius 3 is 3.00 bits per heavy atom. The minimum Gasteiger partial charge on any atom is -0.459 e. The Hall–Kier alpha value is -2.60.